The molecule has 1 heterocycles. The standard InChI is InChI=1S/C15H21NO9S2/c17-8-10-12(18)13(19)14(20)15(24-10)26-11(16-25-27(21,22)23)7-6-9-4-2-1-3-5-9/h1-5,10,12-15,17-20H,6-8H2,(H,21,22,23)/p-1/b16-11-. The fourth-order valence-electron chi connectivity index (χ4n) is 2.41. The Morgan fingerprint density at radius 2 is 1.85 bits per heavy atom. The van der Waals surface area contributed by atoms with Crippen LogP contribution in [0.3, 0.4) is 0 Å². The maximum atomic E-state index is 10.7. The molecule has 0 amide bonds. The Morgan fingerprint density at radius 1 is 1.19 bits per heavy atom. The number of thioether (sulfide) groups is 1. The van der Waals surface area contributed by atoms with Gasteiger partial charge in [-0.15, -0.1) is 0 Å². The summed E-state index contributed by atoms with van der Waals surface area (Å²) in [5, 5.41) is 42.2. The SMILES string of the molecule is O=S(=O)([O-])O/N=C(/CCc1ccccc1)SC1OC(CO)C(O)C(O)C1O. The molecular formula is C15H20NO9S2-. The van der Waals surface area contributed by atoms with Gasteiger partial charge in [0.15, 0.2) is 0 Å². The molecule has 0 bridgehead atoms. The smallest absolute Gasteiger partial charge is 0.284 e. The average molecular weight is 422 g/mol. The molecule has 152 valence electrons. The second-order valence-corrected chi connectivity index (χ2v) is 7.91. The third-order valence-electron chi connectivity index (χ3n) is 3.80. The van der Waals surface area contributed by atoms with Crippen molar-refractivity contribution >= 4 is 27.2 Å². The van der Waals surface area contributed by atoms with E-state index in [-0.39, 0.29) is 11.5 Å². The Kier molecular flexibility index (Phi) is 8.00. The lowest BCUT2D eigenvalue weighted by Gasteiger charge is -2.39. The number of hydrogen-bond donors (Lipinski definition) is 4. The van der Waals surface area contributed by atoms with Crippen LogP contribution in [0.5, 0.6) is 0 Å². The van der Waals surface area contributed by atoms with Crippen LogP contribution >= 0.6 is 11.8 Å². The second kappa shape index (κ2) is 9.80. The minimum atomic E-state index is -5.07. The summed E-state index contributed by atoms with van der Waals surface area (Å²) in [6, 6.07) is 9.13. The van der Waals surface area contributed by atoms with Crippen LogP contribution in [-0.4, -0.2) is 74.9 Å². The monoisotopic (exact) mass is 422 g/mol. The van der Waals surface area contributed by atoms with Crippen LogP contribution in [0.25, 0.3) is 0 Å². The molecule has 0 aliphatic carbocycles. The van der Waals surface area contributed by atoms with Crippen molar-refractivity contribution in [1.29, 1.82) is 0 Å². The number of hydrogen-bond acceptors (Lipinski definition) is 11. The lowest BCUT2D eigenvalue weighted by molar-refractivity contribution is -0.205. The minimum absolute atomic E-state index is 0.0163. The first-order valence-corrected chi connectivity index (χ1v) is 10.1. The first-order chi connectivity index (χ1) is 12.7. The van der Waals surface area contributed by atoms with Gasteiger partial charge in [-0.05, 0) is 12.0 Å². The molecule has 12 heteroatoms. The van der Waals surface area contributed by atoms with E-state index in [2.05, 4.69) is 9.44 Å². The molecule has 1 aromatic carbocycles. The van der Waals surface area contributed by atoms with Crippen LogP contribution in [0.1, 0.15) is 12.0 Å². The maximum Gasteiger partial charge on any atom is 0.284 e. The fraction of sp³-hybridized carbons (Fsp3) is 0.533. The van der Waals surface area contributed by atoms with Crippen molar-refractivity contribution in [2.45, 2.75) is 42.7 Å². The number of aryl methyl sites for hydroxylation is 1. The van der Waals surface area contributed by atoms with Gasteiger partial charge in [-0.2, -0.15) is 8.42 Å². The second-order valence-electron chi connectivity index (χ2n) is 5.77. The third-order valence-corrected chi connectivity index (χ3v) is 5.23. The molecule has 1 saturated heterocycles. The molecule has 4 N–H and O–H groups in total. The van der Waals surface area contributed by atoms with E-state index < -0.39 is 46.9 Å². The molecule has 5 unspecified atom stereocenters. The predicted molar refractivity (Wildman–Crippen MR) is 94.3 cm³/mol. The van der Waals surface area contributed by atoms with Gasteiger partial charge < -0.3 is 29.7 Å². The quantitative estimate of drug-likeness (QED) is 0.140. The highest BCUT2D eigenvalue weighted by molar-refractivity contribution is 8.14. The summed E-state index contributed by atoms with van der Waals surface area (Å²) in [6.07, 6.45) is -5.21. The first-order valence-electron chi connectivity index (χ1n) is 7.93. The molecule has 2 rings (SSSR count). The van der Waals surface area contributed by atoms with Crippen molar-refractivity contribution in [1.82, 2.24) is 0 Å². The predicted octanol–water partition coefficient (Wildman–Crippen LogP) is -1.06. The molecular weight excluding hydrogens is 402 g/mol. The highest BCUT2D eigenvalue weighted by Crippen LogP contribution is 2.30. The fourth-order valence-corrected chi connectivity index (χ4v) is 3.70. The van der Waals surface area contributed by atoms with E-state index in [0.717, 1.165) is 17.3 Å². The van der Waals surface area contributed by atoms with Crippen LogP contribution < -0.4 is 0 Å². The summed E-state index contributed by atoms with van der Waals surface area (Å²) in [4.78, 5) is 0. The lowest BCUT2D eigenvalue weighted by Crippen LogP contribution is -2.57. The van der Waals surface area contributed by atoms with Gasteiger partial charge in [-0.25, -0.2) is 0 Å². The summed E-state index contributed by atoms with van der Waals surface area (Å²) in [5.41, 5.74) is -0.266. The van der Waals surface area contributed by atoms with E-state index in [1.807, 2.05) is 30.3 Å². The van der Waals surface area contributed by atoms with E-state index in [9.17, 15) is 33.4 Å². The highest BCUT2D eigenvalue weighted by atomic mass is 32.3. The molecule has 1 aliphatic rings. The van der Waals surface area contributed by atoms with Gasteiger partial charge in [-0.1, -0.05) is 47.2 Å². The van der Waals surface area contributed by atoms with Gasteiger partial charge >= 0.3 is 0 Å². The van der Waals surface area contributed by atoms with Gasteiger partial charge in [-0.3, -0.25) is 4.28 Å². The number of aliphatic hydroxyl groups is 4. The number of aliphatic hydroxyl groups excluding tert-OH is 4. The largest absolute Gasteiger partial charge is 0.714 e. The Labute approximate surface area is 160 Å². The molecule has 0 aromatic heterocycles. The number of oxime groups is 1. The number of nitrogens with zero attached hydrogens (tertiary/aromatic N) is 1. The van der Waals surface area contributed by atoms with E-state index in [1.165, 1.54) is 0 Å². The Bertz CT molecular complexity index is 726. The van der Waals surface area contributed by atoms with E-state index in [0.29, 0.717) is 6.42 Å². The van der Waals surface area contributed by atoms with Crippen molar-refractivity contribution in [3.05, 3.63) is 35.9 Å². The Hall–Kier alpha value is -1.25. The van der Waals surface area contributed by atoms with Crippen LogP contribution in [0, 0.1) is 0 Å². The van der Waals surface area contributed by atoms with Crippen molar-refractivity contribution in [2.75, 3.05) is 6.61 Å². The van der Waals surface area contributed by atoms with Crippen molar-refractivity contribution in [3.63, 3.8) is 0 Å². The summed E-state index contributed by atoms with van der Waals surface area (Å²) < 4.78 is 41.3. The van der Waals surface area contributed by atoms with Gasteiger partial charge in [0, 0.05) is 6.42 Å². The molecule has 1 aliphatic heterocycles. The van der Waals surface area contributed by atoms with Gasteiger partial charge in [0.1, 0.15) is 34.9 Å². The Balaban J connectivity index is 2.12. The molecule has 5 atom stereocenters. The number of benzene rings is 1. The van der Waals surface area contributed by atoms with Crippen molar-refractivity contribution in [3.8, 4) is 0 Å². The zero-order valence-electron chi connectivity index (χ0n) is 14.0. The molecule has 1 fully saturated rings. The van der Waals surface area contributed by atoms with E-state index in [1.54, 1.807) is 0 Å². The normalized spacial score (nSPS) is 29.5. The van der Waals surface area contributed by atoms with Gasteiger partial charge in [0.05, 0.1) is 6.61 Å². The molecule has 0 spiro atoms. The average Bonchev–Trinajstić information content (AvgIpc) is 2.64. The topological polar surface area (TPSA) is 169 Å². The zero-order valence-corrected chi connectivity index (χ0v) is 15.6. The van der Waals surface area contributed by atoms with Crippen molar-refractivity contribution < 1.29 is 42.4 Å². The number of rotatable bonds is 7. The summed E-state index contributed by atoms with van der Waals surface area (Å²) in [6.45, 7) is -0.607. The summed E-state index contributed by atoms with van der Waals surface area (Å²) in [7, 11) is -5.07. The number of ether oxygens (including phenoxy) is 1. The molecule has 0 saturated carbocycles. The Morgan fingerprint density at radius 3 is 2.44 bits per heavy atom. The van der Waals surface area contributed by atoms with Crippen molar-refractivity contribution in [2.24, 2.45) is 5.16 Å². The van der Waals surface area contributed by atoms with E-state index >= 15 is 0 Å². The van der Waals surface area contributed by atoms with Crippen LogP contribution in [0.15, 0.2) is 35.5 Å². The summed E-state index contributed by atoms with van der Waals surface area (Å²) in [5.74, 6) is 0. The molecule has 10 nitrogen and oxygen atoms in total. The highest BCUT2D eigenvalue weighted by Gasteiger charge is 2.44. The molecule has 27 heavy (non-hydrogen) atoms. The van der Waals surface area contributed by atoms with Crippen LogP contribution in [0.4, 0.5) is 0 Å². The lowest BCUT2D eigenvalue weighted by atomic mass is 10.0. The minimum Gasteiger partial charge on any atom is -0.714 e. The van der Waals surface area contributed by atoms with Gasteiger partial charge in [0.25, 0.3) is 10.4 Å². The first kappa shape index (κ1) is 22.0. The molecule has 1 aromatic rings. The molecule has 0 radical (unpaired) electrons. The third kappa shape index (κ3) is 6.69. The van der Waals surface area contributed by atoms with E-state index in [4.69, 9.17) is 4.74 Å². The van der Waals surface area contributed by atoms with Crippen LogP contribution in [-0.2, 0) is 25.8 Å². The summed E-state index contributed by atoms with van der Waals surface area (Å²) >= 11 is 0.726. The maximum absolute atomic E-state index is 10.7. The zero-order chi connectivity index (χ0) is 20.0. The van der Waals surface area contributed by atoms with Gasteiger partial charge in [0.2, 0.25) is 0 Å². The van der Waals surface area contributed by atoms with Crippen LogP contribution in [0.2, 0.25) is 0 Å².